The van der Waals surface area contributed by atoms with E-state index in [0.717, 1.165) is 6.54 Å². The van der Waals surface area contributed by atoms with E-state index in [4.69, 9.17) is 5.11 Å². The van der Waals surface area contributed by atoms with E-state index in [1.54, 1.807) is 6.92 Å². The Kier molecular flexibility index (Phi) is 3.88. The summed E-state index contributed by atoms with van der Waals surface area (Å²) in [4.78, 5) is 23.6. The quantitative estimate of drug-likeness (QED) is 0.646. The van der Waals surface area contributed by atoms with Crippen molar-refractivity contribution in [1.82, 2.24) is 10.2 Å². The number of nitrogens with zero attached hydrogens (tertiary/aromatic N) is 1. The largest absolute Gasteiger partial charge is 0.481 e. The predicted molar refractivity (Wildman–Crippen MR) is 50.9 cm³/mol. The second-order valence-electron chi connectivity index (χ2n) is 3.64. The highest BCUT2D eigenvalue weighted by molar-refractivity contribution is 5.76. The van der Waals surface area contributed by atoms with Crippen LogP contribution in [0.15, 0.2) is 0 Å². The van der Waals surface area contributed by atoms with E-state index >= 15 is 0 Å². The molecule has 0 aromatic rings. The van der Waals surface area contributed by atoms with E-state index in [9.17, 15) is 9.59 Å². The zero-order valence-electron chi connectivity index (χ0n) is 8.32. The maximum Gasteiger partial charge on any atom is 0.307 e. The van der Waals surface area contributed by atoms with Gasteiger partial charge in [0.05, 0.1) is 5.92 Å². The molecule has 14 heavy (non-hydrogen) atoms. The summed E-state index contributed by atoms with van der Waals surface area (Å²) in [5.41, 5.74) is 0. The van der Waals surface area contributed by atoms with Gasteiger partial charge in [-0.15, -0.1) is 0 Å². The Balaban J connectivity index is 2.37. The minimum Gasteiger partial charge on any atom is -0.481 e. The van der Waals surface area contributed by atoms with Gasteiger partial charge in [-0.2, -0.15) is 0 Å². The van der Waals surface area contributed by atoms with E-state index in [2.05, 4.69) is 5.32 Å². The van der Waals surface area contributed by atoms with E-state index in [0.29, 0.717) is 26.1 Å². The number of aliphatic carboxylic acids is 1. The van der Waals surface area contributed by atoms with Crippen molar-refractivity contribution in [3.8, 4) is 0 Å². The monoisotopic (exact) mass is 200 g/mol. The molecule has 0 saturated carbocycles. The number of amides is 1. The summed E-state index contributed by atoms with van der Waals surface area (Å²) in [7, 11) is 0. The maximum atomic E-state index is 11.0. The fourth-order valence-corrected chi connectivity index (χ4v) is 1.46. The molecule has 1 aliphatic rings. The number of carbonyl (C=O) groups is 2. The zero-order chi connectivity index (χ0) is 10.6. The van der Waals surface area contributed by atoms with Gasteiger partial charge >= 0.3 is 5.97 Å². The lowest BCUT2D eigenvalue weighted by atomic mass is 10.1. The molecule has 5 nitrogen and oxygen atoms in total. The van der Waals surface area contributed by atoms with Gasteiger partial charge in [-0.1, -0.05) is 6.92 Å². The van der Waals surface area contributed by atoms with Gasteiger partial charge in [-0.25, -0.2) is 0 Å². The molecule has 1 aliphatic heterocycles. The molecule has 1 saturated heterocycles. The molecule has 0 aromatic carbocycles. The topological polar surface area (TPSA) is 69.6 Å². The number of hydrogen-bond donors (Lipinski definition) is 2. The number of nitrogens with one attached hydrogen (secondary N) is 1. The molecule has 0 bridgehead atoms. The fraction of sp³-hybridized carbons (Fsp3) is 0.778. The summed E-state index contributed by atoms with van der Waals surface area (Å²) >= 11 is 0. The smallest absolute Gasteiger partial charge is 0.307 e. The minimum absolute atomic E-state index is 0.0514. The third-order valence-corrected chi connectivity index (χ3v) is 2.36. The first-order valence-corrected chi connectivity index (χ1v) is 4.81. The molecule has 1 heterocycles. The van der Waals surface area contributed by atoms with Crippen molar-refractivity contribution in [3.63, 3.8) is 0 Å². The first-order chi connectivity index (χ1) is 6.59. The van der Waals surface area contributed by atoms with Crippen molar-refractivity contribution >= 4 is 11.9 Å². The van der Waals surface area contributed by atoms with Gasteiger partial charge < -0.3 is 15.3 Å². The summed E-state index contributed by atoms with van der Waals surface area (Å²) in [5.74, 6) is -1.10. The Morgan fingerprint density at radius 2 is 2.36 bits per heavy atom. The fourth-order valence-electron chi connectivity index (χ4n) is 1.46. The third kappa shape index (κ3) is 3.33. The number of rotatable bonds is 3. The first kappa shape index (κ1) is 11.0. The van der Waals surface area contributed by atoms with Gasteiger partial charge in [-0.05, 0) is 0 Å². The molecule has 0 aliphatic carbocycles. The first-order valence-electron chi connectivity index (χ1n) is 4.81. The molecule has 1 atom stereocenters. The molecule has 2 N–H and O–H groups in total. The van der Waals surface area contributed by atoms with Crippen LogP contribution in [0.2, 0.25) is 0 Å². The Labute approximate surface area is 83.1 Å². The molecular formula is C9H16N2O3. The zero-order valence-corrected chi connectivity index (χ0v) is 8.32. The van der Waals surface area contributed by atoms with Crippen molar-refractivity contribution < 1.29 is 14.7 Å². The van der Waals surface area contributed by atoms with Crippen LogP contribution in [0, 0.1) is 5.92 Å². The summed E-state index contributed by atoms with van der Waals surface area (Å²) < 4.78 is 0. The summed E-state index contributed by atoms with van der Waals surface area (Å²) in [6, 6.07) is 0. The van der Waals surface area contributed by atoms with E-state index in [1.807, 2.05) is 4.90 Å². The van der Waals surface area contributed by atoms with Crippen LogP contribution in [0.4, 0.5) is 0 Å². The normalized spacial score (nSPS) is 21.1. The van der Waals surface area contributed by atoms with Crippen LogP contribution in [0.5, 0.6) is 0 Å². The predicted octanol–water partition coefficient (Wildman–Crippen LogP) is -0.471. The highest BCUT2D eigenvalue weighted by Gasteiger charge is 2.18. The number of hydrogen-bond acceptors (Lipinski definition) is 3. The average Bonchev–Trinajstić information content (AvgIpc) is 2.31. The SMILES string of the molecule is CC(CN1CCNC(=O)CC1)C(=O)O. The summed E-state index contributed by atoms with van der Waals surface area (Å²) in [5, 5.41) is 11.5. The molecule has 1 amide bonds. The van der Waals surface area contributed by atoms with Gasteiger partial charge in [0, 0.05) is 32.6 Å². The lowest BCUT2D eigenvalue weighted by Gasteiger charge is -2.20. The molecule has 0 spiro atoms. The lowest BCUT2D eigenvalue weighted by molar-refractivity contribution is -0.141. The maximum absolute atomic E-state index is 11.0. The van der Waals surface area contributed by atoms with Crippen molar-refractivity contribution in [2.45, 2.75) is 13.3 Å². The van der Waals surface area contributed by atoms with Crippen LogP contribution < -0.4 is 5.32 Å². The standard InChI is InChI=1S/C9H16N2O3/c1-7(9(13)14)6-11-4-2-8(12)10-3-5-11/h7H,2-6H2,1H3,(H,10,12)(H,13,14). The van der Waals surface area contributed by atoms with Crippen LogP contribution in [0.1, 0.15) is 13.3 Å². The van der Waals surface area contributed by atoms with Crippen LogP contribution in [-0.2, 0) is 9.59 Å². The summed E-state index contributed by atoms with van der Waals surface area (Å²) in [6.07, 6.45) is 0.465. The van der Waals surface area contributed by atoms with Crippen molar-refractivity contribution in [3.05, 3.63) is 0 Å². The Morgan fingerprint density at radius 3 is 3.00 bits per heavy atom. The van der Waals surface area contributed by atoms with E-state index in [1.165, 1.54) is 0 Å². The van der Waals surface area contributed by atoms with Gasteiger partial charge in [-0.3, -0.25) is 9.59 Å². The minimum atomic E-state index is -0.784. The van der Waals surface area contributed by atoms with Gasteiger partial charge in [0.2, 0.25) is 5.91 Å². The summed E-state index contributed by atoms with van der Waals surface area (Å²) in [6.45, 7) is 4.21. The van der Waals surface area contributed by atoms with E-state index in [-0.39, 0.29) is 11.8 Å². The van der Waals surface area contributed by atoms with Gasteiger partial charge in [0.15, 0.2) is 0 Å². The van der Waals surface area contributed by atoms with Crippen molar-refractivity contribution in [2.75, 3.05) is 26.2 Å². The Hall–Kier alpha value is -1.10. The number of carboxylic acids is 1. The number of carboxylic acid groups (broad SMARTS) is 1. The molecule has 80 valence electrons. The van der Waals surface area contributed by atoms with Crippen LogP contribution in [-0.4, -0.2) is 48.1 Å². The number of carbonyl (C=O) groups excluding carboxylic acids is 1. The van der Waals surface area contributed by atoms with Crippen LogP contribution in [0.3, 0.4) is 0 Å². The highest BCUT2D eigenvalue weighted by Crippen LogP contribution is 2.02. The second-order valence-corrected chi connectivity index (χ2v) is 3.64. The van der Waals surface area contributed by atoms with E-state index < -0.39 is 5.97 Å². The molecule has 0 radical (unpaired) electrons. The van der Waals surface area contributed by atoms with Crippen LogP contribution >= 0.6 is 0 Å². The molecule has 0 aromatic heterocycles. The van der Waals surface area contributed by atoms with Gasteiger partial charge in [0.1, 0.15) is 0 Å². The highest BCUT2D eigenvalue weighted by atomic mass is 16.4. The molecule has 5 heteroatoms. The second kappa shape index (κ2) is 4.95. The van der Waals surface area contributed by atoms with Gasteiger partial charge in [0.25, 0.3) is 0 Å². The lowest BCUT2D eigenvalue weighted by Crippen LogP contribution is -2.34. The van der Waals surface area contributed by atoms with Crippen molar-refractivity contribution in [1.29, 1.82) is 0 Å². The average molecular weight is 200 g/mol. The molecule has 1 unspecified atom stereocenters. The van der Waals surface area contributed by atoms with Crippen LogP contribution in [0.25, 0.3) is 0 Å². The molecular weight excluding hydrogens is 184 g/mol. The molecule has 1 fully saturated rings. The van der Waals surface area contributed by atoms with Crippen molar-refractivity contribution in [2.24, 2.45) is 5.92 Å². The Morgan fingerprint density at radius 1 is 1.64 bits per heavy atom. The molecule has 1 rings (SSSR count). The third-order valence-electron chi connectivity index (χ3n) is 2.36. The Bertz CT molecular complexity index is 230.